The number of piperidine rings is 1. The smallest absolute Gasteiger partial charge is 0.317 e. The highest BCUT2D eigenvalue weighted by Crippen LogP contribution is 2.36. The fourth-order valence-electron chi connectivity index (χ4n) is 2.90. The highest BCUT2D eigenvalue weighted by Gasteiger charge is 2.41. The zero-order valence-electron chi connectivity index (χ0n) is 13.4. The number of hydrogen-bond acceptors (Lipinski definition) is 3. The van der Waals surface area contributed by atoms with Crippen molar-refractivity contribution in [1.29, 1.82) is 0 Å². The standard InChI is InChI=1S/C15H28N2O3S/c1-4-5-15(13(18)19)6-8-17(9-7-15)14(20)16-10-12(2)11-21-3/h12H,4-11H2,1-3H3,(H,16,20)(H,18,19). The molecule has 0 aliphatic carbocycles. The molecule has 0 saturated carbocycles. The number of nitrogens with one attached hydrogen (secondary N) is 1. The number of amides is 2. The number of urea groups is 1. The molecule has 1 fully saturated rings. The average Bonchev–Trinajstić information content (AvgIpc) is 2.46. The Bertz CT molecular complexity index is 355. The van der Waals surface area contributed by atoms with E-state index in [4.69, 9.17) is 0 Å². The lowest BCUT2D eigenvalue weighted by Crippen LogP contribution is -2.50. The topological polar surface area (TPSA) is 69.6 Å². The van der Waals surface area contributed by atoms with E-state index in [0.29, 0.717) is 44.8 Å². The second-order valence-corrected chi connectivity index (χ2v) is 6.98. The van der Waals surface area contributed by atoms with Gasteiger partial charge >= 0.3 is 12.0 Å². The van der Waals surface area contributed by atoms with Gasteiger partial charge in [-0.1, -0.05) is 20.3 Å². The first-order valence-electron chi connectivity index (χ1n) is 7.70. The number of carboxylic acids is 1. The fraction of sp³-hybridized carbons (Fsp3) is 0.867. The number of carbonyl (C=O) groups is 2. The zero-order chi connectivity index (χ0) is 15.9. The van der Waals surface area contributed by atoms with Crippen molar-refractivity contribution >= 4 is 23.8 Å². The summed E-state index contributed by atoms with van der Waals surface area (Å²) in [4.78, 5) is 25.4. The molecule has 1 atom stereocenters. The second kappa shape index (κ2) is 8.51. The lowest BCUT2D eigenvalue weighted by molar-refractivity contribution is -0.152. The molecule has 0 aromatic heterocycles. The number of carbonyl (C=O) groups excluding carboxylic acids is 1. The Morgan fingerprint density at radius 1 is 1.38 bits per heavy atom. The first-order chi connectivity index (χ1) is 9.95. The molecule has 0 radical (unpaired) electrons. The number of thioether (sulfide) groups is 1. The number of aliphatic carboxylic acids is 1. The van der Waals surface area contributed by atoms with E-state index in [1.807, 2.05) is 6.92 Å². The first kappa shape index (κ1) is 18.1. The molecule has 1 unspecified atom stereocenters. The predicted molar refractivity (Wildman–Crippen MR) is 86.7 cm³/mol. The van der Waals surface area contributed by atoms with Crippen molar-refractivity contribution in [3.63, 3.8) is 0 Å². The zero-order valence-corrected chi connectivity index (χ0v) is 14.2. The van der Waals surface area contributed by atoms with Crippen molar-refractivity contribution in [3.05, 3.63) is 0 Å². The van der Waals surface area contributed by atoms with Crippen molar-refractivity contribution in [2.24, 2.45) is 11.3 Å². The Balaban J connectivity index is 2.44. The lowest BCUT2D eigenvalue weighted by atomic mass is 9.75. The van der Waals surface area contributed by atoms with Crippen LogP contribution in [0.15, 0.2) is 0 Å². The molecule has 1 aliphatic rings. The third-order valence-electron chi connectivity index (χ3n) is 4.24. The highest BCUT2D eigenvalue weighted by atomic mass is 32.2. The first-order valence-corrected chi connectivity index (χ1v) is 9.09. The van der Waals surface area contributed by atoms with Gasteiger partial charge < -0.3 is 15.3 Å². The van der Waals surface area contributed by atoms with Crippen molar-refractivity contribution < 1.29 is 14.7 Å². The van der Waals surface area contributed by atoms with Crippen molar-refractivity contribution in [2.45, 2.75) is 39.5 Å². The number of likely N-dealkylation sites (tertiary alicyclic amines) is 1. The van der Waals surface area contributed by atoms with Crippen LogP contribution in [0, 0.1) is 11.3 Å². The lowest BCUT2D eigenvalue weighted by Gasteiger charge is -2.38. The fourth-order valence-corrected chi connectivity index (χ4v) is 3.59. The van der Waals surface area contributed by atoms with E-state index in [0.717, 1.165) is 12.2 Å². The Labute approximate surface area is 131 Å². The van der Waals surface area contributed by atoms with Crippen LogP contribution in [-0.2, 0) is 4.79 Å². The maximum absolute atomic E-state index is 12.1. The Morgan fingerprint density at radius 2 is 2.00 bits per heavy atom. The van der Waals surface area contributed by atoms with Crippen LogP contribution in [0.25, 0.3) is 0 Å². The number of nitrogens with zero attached hydrogens (tertiary/aromatic N) is 1. The maximum atomic E-state index is 12.1. The van der Waals surface area contributed by atoms with Crippen LogP contribution in [0.2, 0.25) is 0 Å². The van der Waals surface area contributed by atoms with Gasteiger partial charge in [0.2, 0.25) is 0 Å². The van der Waals surface area contributed by atoms with E-state index in [-0.39, 0.29) is 6.03 Å². The molecule has 1 saturated heterocycles. The minimum atomic E-state index is -0.710. The van der Waals surface area contributed by atoms with Crippen LogP contribution in [0.4, 0.5) is 4.79 Å². The summed E-state index contributed by atoms with van der Waals surface area (Å²) in [6, 6.07) is -0.0570. The van der Waals surface area contributed by atoms with Gasteiger partial charge in [-0.25, -0.2) is 4.79 Å². The van der Waals surface area contributed by atoms with Crippen molar-refractivity contribution in [2.75, 3.05) is 31.6 Å². The van der Waals surface area contributed by atoms with Gasteiger partial charge in [-0.3, -0.25) is 4.79 Å². The van der Waals surface area contributed by atoms with Gasteiger partial charge in [-0.2, -0.15) is 11.8 Å². The molecule has 0 spiro atoms. The van der Waals surface area contributed by atoms with Crippen LogP contribution in [0.3, 0.4) is 0 Å². The quantitative estimate of drug-likeness (QED) is 0.757. The summed E-state index contributed by atoms with van der Waals surface area (Å²) < 4.78 is 0. The number of rotatable bonds is 7. The molecule has 2 amide bonds. The van der Waals surface area contributed by atoms with Gasteiger partial charge in [0.15, 0.2) is 0 Å². The van der Waals surface area contributed by atoms with E-state index < -0.39 is 11.4 Å². The van der Waals surface area contributed by atoms with Crippen LogP contribution >= 0.6 is 11.8 Å². The molecular formula is C15H28N2O3S. The Kier molecular flexibility index (Phi) is 7.35. The van der Waals surface area contributed by atoms with Gasteiger partial charge in [-0.05, 0) is 37.2 Å². The molecule has 0 aromatic rings. The van der Waals surface area contributed by atoms with Crippen LogP contribution in [-0.4, -0.2) is 53.6 Å². The highest BCUT2D eigenvalue weighted by molar-refractivity contribution is 7.98. The van der Waals surface area contributed by atoms with E-state index in [2.05, 4.69) is 18.5 Å². The molecule has 21 heavy (non-hydrogen) atoms. The molecule has 0 bridgehead atoms. The van der Waals surface area contributed by atoms with Crippen molar-refractivity contribution in [3.8, 4) is 0 Å². The average molecular weight is 316 g/mol. The molecular weight excluding hydrogens is 288 g/mol. The molecule has 0 aromatic carbocycles. The Morgan fingerprint density at radius 3 is 2.48 bits per heavy atom. The molecule has 5 nitrogen and oxygen atoms in total. The summed E-state index contributed by atoms with van der Waals surface area (Å²) in [7, 11) is 0. The molecule has 1 aliphatic heterocycles. The van der Waals surface area contributed by atoms with Crippen molar-refractivity contribution in [1.82, 2.24) is 10.2 Å². The third-order valence-corrected chi connectivity index (χ3v) is 5.15. The third kappa shape index (κ3) is 5.09. The Hall–Kier alpha value is -0.910. The SMILES string of the molecule is CCCC1(C(=O)O)CCN(C(=O)NCC(C)CSC)CC1. The second-order valence-electron chi connectivity index (χ2n) is 6.07. The van der Waals surface area contributed by atoms with E-state index in [1.165, 1.54) is 0 Å². The normalized spacial score (nSPS) is 19.1. The molecule has 6 heteroatoms. The van der Waals surface area contributed by atoms with Crippen LogP contribution < -0.4 is 5.32 Å². The minimum absolute atomic E-state index is 0.0570. The molecule has 2 N–H and O–H groups in total. The molecule has 1 rings (SSSR count). The molecule has 122 valence electrons. The largest absolute Gasteiger partial charge is 0.481 e. The summed E-state index contributed by atoms with van der Waals surface area (Å²) in [6.07, 6.45) is 4.74. The minimum Gasteiger partial charge on any atom is -0.481 e. The monoisotopic (exact) mass is 316 g/mol. The van der Waals surface area contributed by atoms with Gasteiger partial charge in [0.1, 0.15) is 0 Å². The molecule has 1 heterocycles. The maximum Gasteiger partial charge on any atom is 0.317 e. The van der Waals surface area contributed by atoms with Gasteiger partial charge in [0.25, 0.3) is 0 Å². The van der Waals surface area contributed by atoms with E-state index in [1.54, 1.807) is 16.7 Å². The van der Waals surface area contributed by atoms with Crippen LogP contribution in [0.1, 0.15) is 39.5 Å². The summed E-state index contributed by atoms with van der Waals surface area (Å²) in [5.41, 5.74) is -0.627. The summed E-state index contributed by atoms with van der Waals surface area (Å²) in [5.74, 6) is 0.767. The number of hydrogen-bond donors (Lipinski definition) is 2. The van der Waals surface area contributed by atoms with Crippen LogP contribution in [0.5, 0.6) is 0 Å². The van der Waals surface area contributed by atoms with Gasteiger partial charge in [0.05, 0.1) is 5.41 Å². The summed E-state index contributed by atoms with van der Waals surface area (Å²) in [6.45, 7) is 5.87. The number of carboxylic acid groups (broad SMARTS) is 1. The van der Waals surface area contributed by atoms with Gasteiger partial charge in [0, 0.05) is 19.6 Å². The summed E-state index contributed by atoms with van der Waals surface area (Å²) in [5, 5.41) is 12.4. The van der Waals surface area contributed by atoms with E-state index in [9.17, 15) is 14.7 Å². The predicted octanol–water partition coefficient (Wildman–Crippen LogP) is 2.66. The summed E-state index contributed by atoms with van der Waals surface area (Å²) >= 11 is 1.78. The van der Waals surface area contributed by atoms with Gasteiger partial charge in [-0.15, -0.1) is 0 Å². The van der Waals surface area contributed by atoms with E-state index >= 15 is 0 Å².